The van der Waals surface area contributed by atoms with Crippen LogP contribution in [0.2, 0.25) is 0 Å². The maximum Gasteiger partial charge on any atom is 0.272 e. The number of aromatic nitrogens is 4. The Kier molecular flexibility index (Phi) is 5.17. The molecule has 7 nitrogen and oxygen atoms in total. The van der Waals surface area contributed by atoms with Crippen molar-refractivity contribution in [1.82, 2.24) is 30.2 Å². The number of H-pyrrole nitrogens is 1. The van der Waals surface area contributed by atoms with Crippen molar-refractivity contribution in [3.63, 3.8) is 0 Å². The molecule has 1 amide bonds. The van der Waals surface area contributed by atoms with Crippen molar-refractivity contribution in [2.45, 2.75) is 39.7 Å². The molecule has 0 aliphatic carbocycles. The zero-order valence-electron chi connectivity index (χ0n) is 17.7. The van der Waals surface area contributed by atoms with E-state index in [4.69, 9.17) is 0 Å². The molecule has 0 unspecified atom stereocenters. The van der Waals surface area contributed by atoms with Gasteiger partial charge in [-0.1, -0.05) is 26.8 Å². The summed E-state index contributed by atoms with van der Waals surface area (Å²) in [5, 5.41) is 15.5. The third-order valence-corrected chi connectivity index (χ3v) is 5.44. The Bertz CT molecular complexity index is 1000. The molecule has 1 aliphatic rings. The smallest absolute Gasteiger partial charge is 0.272 e. The molecule has 154 valence electrons. The molecule has 2 aromatic heterocycles. The van der Waals surface area contributed by atoms with Gasteiger partial charge in [0.15, 0.2) is 5.69 Å². The van der Waals surface area contributed by atoms with Crippen molar-refractivity contribution in [3.05, 3.63) is 36.3 Å². The Balaban J connectivity index is 1.45. The molecular weight excluding hydrogens is 364 g/mol. The topological polar surface area (TPSA) is 78.8 Å². The minimum absolute atomic E-state index is 0.103. The maximum absolute atomic E-state index is 12.9. The second-order valence-electron chi connectivity index (χ2n) is 9.32. The Hall–Kier alpha value is -2.67. The van der Waals surface area contributed by atoms with Crippen LogP contribution < -0.4 is 5.32 Å². The number of aryl methyl sites for hydroxylation is 1. The number of carbonyl (C=O) groups excluding carboxylic acids is 1. The normalized spacial score (nSPS) is 16.4. The largest absolute Gasteiger partial charge is 0.348 e. The van der Waals surface area contributed by atoms with Crippen LogP contribution in [0.3, 0.4) is 0 Å². The number of benzene rings is 1. The molecule has 0 bridgehead atoms. The third-order valence-electron chi connectivity index (χ3n) is 5.44. The van der Waals surface area contributed by atoms with E-state index in [0.717, 1.165) is 54.5 Å². The average molecular weight is 395 g/mol. The quantitative estimate of drug-likeness (QED) is 0.712. The van der Waals surface area contributed by atoms with Crippen molar-refractivity contribution in [3.8, 4) is 11.1 Å². The lowest BCUT2D eigenvalue weighted by molar-refractivity contribution is 0.0892. The predicted molar refractivity (Wildman–Crippen MR) is 115 cm³/mol. The van der Waals surface area contributed by atoms with Gasteiger partial charge in [-0.15, -0.1) is 0 Å². The lowest BCUT2D eigenvalue weighted by Gasteiger charge is -2.36. The van der Waals surface area contributed by atoms with Crippen molar-refractivity contribution in [2.75, 3.05) is 19.6 Å². The van der Waals surface area contributed by atoms with E-state index in [-0.39, 0.29) is 11.9 Å². The van der Waals surface area contributed by atoms with Gasteiger partial charge in [0.1, 0.15) is 0 Å². The lowest BCUT2D eigenvalue weighted by atomic mass is 9.94. The van der Waals surface area contributed by atoms with Crippen molar-refractivity contribution in [2.24, 2.45) is 12.5 Å². The molecule has 0 spiro atoms. The van der Waals surface area contributed by atoms with Crippen LogP contribution in [0.5, 0.6) is 0 Å². The molecule has 0 saturated carbocycles. The molecule has 1 aromatic carbocycles. The summed E-state index contributed by atoms with van der Waals surface area (Å²) in [4.78, 5) is 15.4. The number of nitrogens with one attached hydrogen (secondary N) is 2. The summed E-state index contributed by atoms with van der Waals surface area (Å²) in [6.07, 6.45) is 5.74. The van der Waals surface area contributed by atoms with E-state index in [1.54, 1.807) is 4.68 Å². The predicted octanol–water partition coefficient (Wildman–Crippen LogP) is 3.20. The van der Waals surface area contributed by atoms with E-state index >= 15 is 0 Å². The standard InChI is InChI=1S/C22H30N6O/c1-22(2,3)14-28-9-7-17(8-10-28)24-21(29)20-18-11-15(5-6-19(18)25-26-20)16-12-23-27(4)13-16/h5-6,11-13,17H,7-10,14H2,1-4H3,(H,24,29)(H,25,26). The first-order valence-corrected chi connectivity index (χ1v) is 10.3. The van der Waals surface area contributed by atoms with Gasteiger partial charge in [-0.2, -0.15) is 10.2 Å². The first kappa shape index (κ1) is 19.6. The lowest BCUT2D eigenvalue weighted by Crippen LogP contribution is -2.46. The molecule has 4 rings (SSSR count). The van der Waals surface area contributed by atoms with E-state index in [0.29, 0.717) is 11.1 Å². The molecule has 1 fully saturated rings. The van der Waals surface area contributed by atoms with Crippen LogP contribution in [0.1, 0.15) is 44.1 Å². The summed E-state index contributed by atoms with van der Waals surface area (Å²) in [7, 11) is 1.89. The monoisotopic (exact) mass is 394 g/mol. The summed E-state index contributed by atoms with van der Waals surface area (Å²) in [5.74, 6) is -0.103. The van der Waals surface area contributed by atoms with Gasteiger partial charge < -0.3 is 10.2 Å². The number of aromatic amines is 1. The molecule has 3 aromatic rings. The molecular formula is C22H30N6O. The summed E-state index contributed by atoms with van der Waals surface area (Å²) < 4.78 is 1.77. The van der Waals surface area contributed by atoms with Gasteiger partial charge in [0.25, 0.3) is 5.91 Å². The Morgan fingerprint density at radius 3 is 2.66 bits per heavy atom. The fraction of sp³-hybridized carbons (Fsp3) is 0.500. The van der Waals surface area contributed by atoms with Crippen molar-refractivity contribution >= 4 is 16.8 Å². The highest BCUT2D eigenvalue weighted by atomic mass is 16.2. The number of hydrogen-bond donors (Lipinski definition) is 2. The highest BCUT2D eigenvalue weighted by Gasteiger charge is 2.25. The van der Waals surface area contributed by atoms with Crippen molar-refractivity contribution in [1.29, 1.82) is 0 Å². The number of hydrogen-bond acceptors (Lipinski definition) is 4. The number of nitrogens with zero attached hydrogens (tertiary/aromatic N) is 4. The van der Waals surface area contributed by atoms with E-state index in [1.807, 2.05) is 37.6 Å². The second-order valence-corrected chi connectivity index (χ2v) is 9.32. The SMILES string of the molecule is Cn1cc(-c2ccc3[nH]nc(C(=O)NC4CCN(CC(C)(C)C)CC4)c3c2)cn1. The van der Waals surface area contributed by atoms with Gasteiger partial charge in [-0.25, -0.2) is 0 Å². The Morgan fingerprint density at radius 2 is 2.00 bits per heavy atom. The second kappa shape index (κ2) is 7.63. The third kappa shape index (κ3) is 4.50. The summed E-state index contributed by atoms with van der Waals surface area (Å²) in [6, 6.07) is 6.19. The van der Waals surface area contributed by atoms with Crippen LogP contribution in [-0.4, -0.2) is 56.5 Å². The van der Waals surface area contributed by atoms with Crippen molar-refractivity contribution < 1.29 is 4.79 Å². The molecule has 3 heterocycles. The molecule has 7 heteroatoms. The summed E-state index contributed by atoms with van der Waals surface area (Å²) in [6.45, 7) is 9.94. The average Bonchev–Trinajstić information content (AvgIpc) is 3.27. The highest BCUT2D eigenvalue weighted by molar-refractivity contribution is 6.05. The van der Waals surface area contributed by atoms with Crippen LogP contribution in [0.15, 0.2) is 30.6 Å². The first-order valence-electron chi connectivity index (χ1n) is 10.3. The zero-order valence-corrected chi connectivity index (χ0v) is 17.7. The number of rotatable bonds is 4. The molecule has 1 saturated heterocycles. The minimum Gasteiger partial charge on any atom is -0.348 e. The molecule has 29 heavy (non-hydrogen) atoms. The summed E-state index contributed by atoms with van der Waals surface area (Å²) >= 11 is 0. The molecule has 2 N–H and O–H groups in total. The molecule has 0 atom stereocenters. The number of fused-ring (bicyclic) bond motifs is 1. The minimum atomic E-state index is -0.103. The number of piperidine rings is 1. The number of likely N-dealkylation sites (tertiary alicyclic amines) is 1. The molecule has 0 radical (unpaired) electrons. The first-order chi connectivity index (χ1) is 13.8. The van der Waals surface area contributed by atoms with Gasteiger partial charge in [0.05, 0.1) is 11.7 Å². The van der Waals surface area contributed by atoms with E-state index < -0.39 is 0 Å². The van der Waals surface area contributed by atoms with Gasteiger partial charge >= 0.3 is 0 Å². The van der Waals surface area contributed by atoms with Gasteiger partial charge in [0.2, 0.25) is 0 Å². The van der Waals surface area contributed by atoms with Crippen LogP contribution in [0.4, 0.5) is 0 Å². The summed E-state index contributed by atoms with van der Waals surface area (Å²) in [5.41, 5.74) is 3.67. The highest BCUT2D eigenvalue weighted by Crippen LogP contribution is 2.25. The van der Waals surface area contributed by atoms with E-state index in [1.165, 1.54) is 0 Å². The maximum atomic E-state index is 12.9. The van der Waals surface area contributed by atoms with Gasteiger partial charge in [-0.3, -0.25) is 14.6 Å². The Labute approximate surface area is 171 Å². The zero-order chi connectivity index (χ0) is 20.6. The van der Waals surface area contributed by atoms with Crippen LogP contribution in [0, 0.1) is 5.41 Å². The van der Waals surface area contributed by atoms with Gasteiger partial charge in [-0.05, 0) is 36.0 Å². The van der Waals surface area contributed by atoms with Crippen LogP contribution >= 0.6 is 0 Å². The van der Waals surface area contributed by atoms with E-state index in [9.17, 15) is 4.79 Å². The van der Waals surface area contributed by atoms with Gasteiger partial charge in [0, 0.05) is 49.9 Å². The van der Waals surface area contributed by atoms with Crippen LogP contribution in [-0.2, 0) is 7.05 Å². The Morgan fingerprint density at radius 1 is 1.24 bits per heavy atom. The number of amides is 1. The fourth-order valence-electron chi connectivity index (χ4n) is 4.10. The number of carbonyl (C=O) groups is 1. The van der Waals surface area contributed by atoms with Crippen LogP contribution in [0.25, 0.3) is 22.0 Å². The molecule has 1 aliphatic heterocycles. The fourth-order valence-corrected chi connectivity index (χ4v) is 4.10. The van der Waals surface area contributed by atoms with E-state index in [2.05, 4.69) is 46.3 Å².